The molecule has 0 fully saturated rings. The second kappa shape index (κ2) is 4.18. The first-order valence-corrected chi connectivity index (χ1v) is 4.05. The lowest BCUT2D eigenvalue weighted by Crippen LogP contribution is -1.99. The lowest BCUT2D eigenvalue weighted by atomic mass is 10.3. The molecule has 1 rings (SSSR count). The Morgan fingerprint density at radius 2 is 2.33 bits per heavy atom. The summed E-state index contributed by atoms with van der Waals surface area (Å²) in [5.74, 6) is 0. The van der Waals surface area contributed by atoms with Gasteiger partial charge < -0.3 is 0 Å². The third-order valence-electron chi connectivity index (χ3n) is 1.63. The topological polar surface area (TPSA) is 17.8 Å². The second-order valence-electron chi connectivity index (χ2n) is 2.66. The Morgan fingerprint density at radius 1 is 1.58 bits per heavy atom. The molecule has 2 nitrogen and oxygen atoms in total. The van der Waals surface area contributed by atoms with Gasteiger partial charge in [-0.1, -0.05) is 13.3 Å². The van der Waals surface area contributed by atoms with Gasteiger partial charge in [-0.3, -0.25) is 4.68 Å². The van der Waals surface area contributed by atoms with Gasteiger partial charge in [-0.05, 0) is 12.5 Å². The molecule has 68 valence electrons. The summed E-state index contributed by atoms with van der Waals surface area (Å²) >= 11 is 0. The van der Waals surface area contributed by atoms with Gasteiger partial charge in [0.05, 0.1) is 0 Å². The van der Waals surface area contributed by atoms with Gasteiger partial charge >= 0.3 is 0 Å². The van der Waals surface area contributed by atoms with Crippen molar-refractivity contribution in [3.63, 3.8) is 0 Å². The minimum absolute atomic E-state index is 0.133. The molecule has 0 saturated carbocycles. The highest BCUT2D eigenvalue weighted by atomic mass is 19.3. The van der Waals surface area contributed by atoms with E-state index in [0.29, 0.717) is 0 Å². The van der Waals surface area contributed by atoms with Crippen LogP contribution in [0.15, 0.2) is 12.3 Å². The van der Waals surface area contributed by atoms with Crippen molar-refractivity contribution in [3.8, 4) is 0 Å². The fourth-order valence-corrected chi connectivity index (χ4v) is 0.938. The van der Waals surface area contributed by atoms with Gasteiger partial charge in [-0.15, -0.1) is 0 Å². The number of halogens is 2. The average molecular weight is 174 g/mol. The molecule has 0 aromatic carbocycles. The predicted molar refractivity (Wildman–Crippen MR) is 42.1 cm³/mol. The van der Waals surface area contributed by atoms with Gasteiger partial charge in [0.15, 0.2) is 0 Å². The van der Waals surface area contributed by atoms with E-state index in [9.17, 15) is 8.78 Å². The lowest BCUT2D eigenvalue weighted by Gasteiger charge is -1.97. The molecule has 0 radical (unpaired) electrons. The number of aryl methyl sites for hydroxylation is 1. The standard InChI is InChI=1S/C8H12F2N2/c1-2-3-5-12-6-4-7(11-12)8(9)10/h4,6,8H,2-3,5H2,1H3. The summed E-state index contributed by atoms with van der Waals surface area (Å²) in [4.78, 5) is 0. The molecular formula is C8H12F2N2. The van der Waals surface area contributed by atoms with Crippen molar-refractivity contribution >= 4 is 0 Å². The zero-order chi connectivity index (χ0) is 8.97. The van der Waals surface area contributed by atoms with Crippen LogP contribution in [0.25, 0.3) is 0 Å². The van der Waals surface area contributed by atoms with Crippen molar-refractivity contribution < 1.29 is 8.78 Å². The molecule has 0 bridgehead atoms. The number of nitrogens with zero attached hydrogens (tertiary/aromatic N) is 2. The number of hydrogen-bond acceptors (Lipinski definition) is 1. The van der Waals surface area contributed by atoms with Crippen molar-refractivity contribution in [1.82, 2.24) is 9.78 Å². The normalized spacial score (nSPS) is 11.0. The molecule has 0 aliphatic rings. The SMILES string of the molecule is CCCCn1ccc(C(F)F)n1. The molecule has 0 saturated heterocycles. The van der Waals surface area contributed by atoms with Crippen molar-refractivity contribution in [2.24, 2.45) is 0 Å². The van der Waals surface area contributed by atoms with Crippen LogP contribution in [0.1, 0.15) is 31.9 Å². The van der Waals surface area contributed by atoms with Crippen LogP contribution in [-0.4, -0.2) is 9.78 Å². The third kappa shape index (κ3) is 2.29. The molecule has 1 aromatic rings. The Bertz CT molecular complexity index is 233. The van der Waals surface area contributed by atoms with E-state index in [-0.39, 0.29) is 5.69 Å². The molecule has 1 heterocycles. The van der Waals surface area contributed by atoms with E-state index in [2.05, 4.69) is 12.0 Å². The van der Waals surface area contributed by atoms with E-state index < -0.39 is 6.43 Å². The highest BCUT2D eigenvalue weighted by molar-refractivity contribution is 4.99. The zero-order valence-corrected chi connectivity index (χ0v) is 7.00. The van der Waals surface area contributed by atoms with Crippen LogP contribution in [0.5, 0.6) is 0 Å². The van der Waals surface area contributed by atoms with Crippen molar-refractivity contribution in [2.75, 3.05) is 0 Å². The number of hydrogen-bond donors (Lipinski definition) is 0. The van der Waals surface area contributed by atoms with E-state index in [0.717, 1.165) is 19.4 Å². The maximum Gasteiger partial charge on any atom is 0.282 e. The summed E-state index contributed by atoms with van der Waals surface area (Å²) in [6, 6.07) is 1.36. The van der Waals surface area contributed by atoms with Crippen LogP contribution in [-0.2, 0) is 6.54 Å². The van der Waals surface area contributed by atoms with Crippen LogP contribution < -0.4 is 0 Å². The van der Waals surface area contributed by atoms with Gasteiger partial charge in [-0.2, -0.15) is 5.10 Å². The summed E-state index contributed by atoms with van der Waals surface area (Å²) in [6.07, 6.45) is 1.17. The molecule has 0 N–H and O–H groups in total. The third-order valence-corrected chi connectivity index (χ3v) is 1.63. The molecule has 1 aromatic heterocycles. The number of rotatable bonds is 4. The Morgan fingerprint density at radius 3 is 2.83 bits per heavy atom. The molecule has 0 unspecified atom stereocenters. The van der Waals surface area contributed by atoms with Crippen LogP contribution >= 0.6 is 0 Å². The summed E-state index contributed by atoms with van der Waals surface area (Å²) in [5, 5.41) is 3.71. The summed E-state index contributed by atoms with van der Waals surface area (Å²) < 4.78 is 25.6. The quantitative estimate of drug-likeness (QED) is 0.686. The minimum atomic E-state index is -2.45. The Labute approximate surface area is 70.2 Å². The fourth-order valence-electron chi connectivity index (χ4n) is 0.938. The van der Waals surface area contributed by atoms with Gasteiger partial charge in [0.1, 0.15) is 5.69 Å². The molecule has 0 amide bonds. The average Bonchev–Trinajstić information content (AvgIpc) is 2.48. The number of alkyl halides is 2. The van der Waals surface area contributed by atoms with Crippen molar-refractivity contribution in [3.05, 3.63) is 18.0 Å². The molecule has 0 spiro atoms. The first kappa shape index (κ1) is 9.16. The molecule has 0 atom stereocenters. The molecule has 0 aliphatic carbocycles. The number of unbranched alkanes of at least 4 members (excludes halogenated alkanes) is 1. The van der Waals surface area contributed by atoms with Gasteiger partial charge in [0.25, 0.3) is 6.43 Å². The maximum atomic E-state index is 12.0. The summed E-state index contributed by atoms with van der Waals surface area (Å²) in [6.45, 7) is 2.78. The first-order valence-electron chi connectivity index (χ1n) is 4.05. The number of aromatic nitrogens is 2. The van der Waals surface area contributed by atoms with E-state index in [4.69, 9.17) is 0 Å². The Balaban J connectivity index is 2.52. The van der Waals surface area contributed by atoms with Crippen LogP contribution in [0.4, 0.5) is 8.78 Å². The maximum absolute atomic E-state index is 12.0. The first-order chi connectivity index (χ1) is 5.74. The van der Waals surface area contributed by atoms with E-state index in [1.807, 2.05) is 0 Å². The molecular weight excluding hydrogens is 162 g/mol. The Kier molecular flexibility index (Phi) is 3.19. The van der Waals surface area contributed by atoms with E-state index in [1.54, 1.807) is 10.9 Å². The van der Waals surface area contributed by atoms with Gasteiger partial charge in [0.2, 0.25) is 0 Å². The summed E-state index contributed by atoms with van der Waals surface area (Å²) in [7, 11) is 0. The van der Waals surface area contributed by atoms with Crippen molar-refractivity contribution in [1.29, 1.82) is 0 Å². The smallest absolute Gasteiger partial charge is 0.272 e. The second-order valence-corrected chi connectivity index (χ2v) is 2.66. The lowest BCUT2D eigenvalue weighted by molar-refractivity contribution is 0.145. The van der Waals surface area contributed by atoms with Crippen LogP contribution in [0.2, 0.25) is 0 Å². The minimum Gasteiger partial charge on any atom is -0.272 e. The molecule has 12 heavy (non-hydrogen) atoms. The van der Waals surface area contributed by atoms with E-state index >= 15 is 0 Å². The molecule has 0 aliphatic heterocycles. The predicted octanol–water partition coefficient (Wildman–Crippen LogP) is 2.62. The van der Waals surface area contributed by atoms with E-state index in [1.165, 1.54) is 6.07 Å². The highest BCUT2D eigenvalue weighted by Gasteiger charge is 2.09. The van der Waals surface area contributed by atoms with Crippen LogP contribution in [0, 0.1) is 0 Å². The summed E-state index contributed by atoms with van der Waals surface area (Å²) in [5.41, 5.74) is -0.133. The monoisotopic (exact) mass is 174 g/mol. The van der Waals surface area contributed by atoms with Gasteiger partial charge in [0, 0.05) is 12.7 Å². The highest BCUT2D eigenvalue weighted by Crippen LogP contribution is 2.15. The van der Waals surface area contributed by atoms with Gasteiger partial charge in [-0.25, -0.2) is 8.78 Å². The zero-order valence-electron chi connectivity index (χ0n) is 7.00. The Hall–Kier alpha value is -0.930. The largest absolute Gasteiger partial charge is 0.282 e. The fraction of sp³-hybridized carbons (Fsp3) is 0.625. The van der Waals surface area contributed by atoms with Crippen molar-refractivity contribution in [2.45, 2.75) is 32.7 Å². The molecule has 4 heteroatoms. The van der Waals surface area contributed by atoms with Crippen LogP contribution in [0.3, 0.4) is 0 Å².